The molecule has 2 N–H and O–H groups in total. The molecule has 0 radical (unpaired) electrons. The third kappa shape index (κ3) is 1.50. The summed E-state index contributed by atoms with van der Waals surface area (Å²) in [5, 5.41) is 17.4. The maximum absolute atomic E-state index is 8.72. The van der Waals surface area contributed by atoms with E-state index in [1.165, 1.54) is 32.1 Å². The van der Waals surface area contributed by atoms with Crippen LogP contribution in [-0.4, -0.2) is 16.5 Å². The summed E-state index contributed by atoms with van der Waals surface area (Å²) in [4.78, 5) is 0. The van der Waals surface area contributed by atoms with E-state index in [2.05, 4.69) is 0 Å². The van der Waals surface area contributed by atoms with E-state index in [1.54, 1.807) is 0 Å². The first-order valence-corrected chi connectivity index (χ1v) is 5.09. The van der Waals surface area contributed by atoms with Gasteiger partial charge in [-0.1, -0.05) is 12.8 Å². The van der Waals surface area contributed by atoms with Crippen molar-refractivity contribution in [1.29, 1.82) is 0 Å². The van der Waals surface area contributed by atoms with Crippen LogP contribution in [0.3, 0.4) is 0 Å². The number of rotatable bonds is 3. The monoisotopic (exact) mass is 170 g/mol. The first kappa shape index (κ1) is 8.52. The fourth-order valence-corrected chi connectivity index (χ4v) is 2.88. The van der Waals surface area contributed by atoms with Crippen molar-refractivity contribution in [2.24, 2.45) is 11.3 Å². The van der Waals surface area contributed by atoms with Gasteiger partial charge in [0.2, 0.25) is 0 Å². The summed E-state index contributed by atoms with van der Waals surface area (Å²) in [7, 11) is 0. The zero-order chi connectivity index (χ0) is 8.60. The maximum atomic E-state index is 8.72. The minimum absolute atomic E-state index is 0.576. The molecule has 0 amide bonds. The molecule has 2 heteroatoms. The molecule has 0 aromatic carbocycles. The van der Waals surface area contributed by atoms with Gasteiger partial charge < -0.3 is 10.2 Å². The maximum Gasteiger partial charge on any atom is 0.151 e. The lowest BCUT2D eigenvalue weighted by atomic mass is 10.00. The molecule has 2 rings (SSSR count). The van der Waals surface area contributed by atoms with Gasteiger partial charge in [-0.2, -0.15) is 0 Å². The third-order valence-electron chi connectivity index (χ3n) is 3.73. The van der Waals surface area contributed by atoms with Gasteiger partial charge in [0.25, 0.3) is 0 Å². The SMILES string of the molecule is OC(O)CCC1CC12CCCC2. The molecule has 12 heavy (non-hydrogen) atoms. The molecule has 1 spiro atoms. The lowest BCUT2D eigenvalue weighted by Gasteiger charge is -2.08. The van der Waals surface area contributed by atoms with E-state index in [1.807, 2.05) is 0 Å². The van der Waals surface area contributed by atoms with Crippen LogP contribution in [0, 0.1) is 11.3 Å². The van der Waals surface area contributed by atoms with Gasteiger partial charge in [0, 0.05) is 0 Å². The Morgan fingerprint density at radius 1 is 1.25 bits per heavy atom. The standard InChI is InChI=1S/C10H18O2/c11-9(12)4-3-8-7-10(8)5-1-2-6-10/h8-9,11-12H,1-7H2. The van der Waals surface area contributed by atoms with Crippen LogP contribution in [-0.2, 0) is 0 Å². The van der Waals surface area contributed by atoms with Crippen molar-refractivity contribution in [3.8, 4) is 0 Å². The topological polar surface area (TPSA) is 40.5 Å². The van der Waals surface area contributed by atoms with Crippen LogP contribution in [0.2, 0.25) is 0 Å². The highest BCUT2D eigenvalue weighted by Crippen LogP contribution is 2.64. The smallest absolute Gasteiger partial charge is 0.151 e. The molecule has 2 fully saturated rings. The van der Waals surface area contributed by atoms with Crippen molar-refractivity contribution in [1.82, 2.24) is 0 Å². The largest absolute Gasteiger partial charge is 0.368 e. The van der Waals surface area contributed by atoms with Gasteiger partial charge in [-0.25, -0.2) is 0 Å². The molecule has 0 heterocycles. The normalized spacial score (nSPS) is 31.8. The Morgan fingerprint density at radius 3 is 2.50 bits per heavy atom. The zero-order valence-electron chi connectivity index (χ0n) is 7.50. The summed E-state index contributed by atoms with van der Waals surface area (Å²) in [5.41, 5.74) is 0.675. The summed E-state index contributed by atoms with van der Waals surface area (Å²) in [6.45, 7) is 0. The van der Waals surface area contributed by atoms with E-state index in [-0.39, 0.29) is 0 Å². The van der Waals surface area contributed by atoms with Gasteiger partial charge in [-0.3, -0.25) is 0 Å². The zero-order valence-corrected chi connectivity index (χ0v) is 7.50. The molecular weight excluding hydrogens is 152 g/mol. The van der Waals surface area contributed by atoms with Crippen molar-refractivity contribution < 1.29 is 10.2 Å². The summed E-state index contributed by atoms with van der Waals surface area (Å²) in [5.74, 6) is 0.821. The van der Waals surface area contributed by atoms with Crippen molar-refractivity contribution in [2.45, 2.75) is 51.2 Å². The van der Waals surface area contributed by atoms with Gasteiger partial charge in [0.15, 0.2) is 6.29 Å². The van der Waals surface area contributed by atoms with E-state index >= 15 is 0 Å². The molecule has 2 nitrogen and oxygen atoms in total. The number of aliphatic hydroxyl groups is 2. The second-order valence-electron chi connectivity index (χ2n) is 4.53. The second kappa shape index (κ2) is 3.00. The first-order valence-electron chi connectivity index (χ1n) is 5.09. The van der Waals surface area contributed by atoms with Crippen LogP contribution >= 0.6 is 0 Å². The third-order valence-corrected chi connectivity index (χ3v) is 3.73. The van der Waals surface area contributed by atoms with Crippen LogP contribution in [0.5, 0.6) is 0 Å². The summed E-state index contributed by atoms with van der Waals surface area (Å²) < 4.78 is 0. The Hall–Kier alpha value is -0.0800. The molecule has 70 valence electrons. The van der Waals surface area contributed by atoms with E-state index in [0.717, 1.165) is 12.3 Å². The van der Waals surface area contributed by atoms with Crippen LogP contribution < -0.4 is 0 Å². The van der Waals surface area contributed by atoms with Gasteiger partial charge in [0.05, 0.1) is 0 Å². The Kier molecular flexibility index (Phi) is 2.13. The number of aliphatic hydroxyl groups excluding tert-OH is 1. The Balaban J connectivity index is 1.72. The molecule has 0 aromatic rings. The van der Waals surface area contributed by atoms with Crippen molar-refractivity contribution in [2.75, 3.05) is 0 Å². The van der Waals surface area contributed by atoms with E-state index in [9.17, 15) is 0 Å². The number of hydrogen-bond donors (Lipinski definition) is 2. The molecule has 1 atom stereocenters. The van der Waals surface area contributed by atoms with Crippen LogP contribution in [0.4, 0.5) is 0 Å². The highest BCUT2D eigenvalue weighted by atomic mass is 16.5. The van der Waals surface area contributed by atoms with Gasteiger partial charge in [-0.15, -0.1) is 0 Å². The van der Waals surface area contributed by atoms with Crippen molar-refractivity contribution in [3.05, 3.63) is 0 Å². The molecule has 2 saturated carbocycles. The highest BCUT2D eigenvalue weighted by molar-refractivity contribution is 5.04. The minimum atomic E-state index is -1.08. The molecule has 0 aliphatic heterocycles. The van der Waals surface area contributed by atoms with E-state index < -0.39 is 6.29 Å². The fraction of sp³-hybridized carbons (Fsp3) is 1.00. The van der Waals surface area contributed by atoms with Crippen LogP contribution in [0.1, 0.15) is 44.9 Å². The quantitative estimate of drug-likeness (QED) is 0.632. The Bertz CT molecular complexity index is 159. The first-order chi connectivity index (χ1) is 5.73. The molecule has 1 unspecified atom stereocenters. The fourth-order valence-electron chi connectivity index (χ4n) is 2.88. The van der Waals surface area contributed by atoms with Gasteiger partial charge >= 0.3 is 0 Å². The summed E-state index contributed by atoms with van der Waals surface area (Å²) in [6.07, 6.45) is 7.49. The van der Waals surface area contributed by atoms with Gasteiger partial charge in [-0.05, 0) is 43.4 Å². The minimum Gasteiger partial charge on any atom is -0.368 e. The summed E-state index contributed by atoms with van der Waals surface area (Å²) >= 11 is 0. The van der Waals surface area contributed by atoms with Crippen LogP contribution in [0.15, 0.2) is 0 Å². The summed E-state index contributed by atoms with van der Waals surface area (Å²) in [6, 6.07) is 0. The average molecular weight is 170 g/mol. The highest BCUT2D eigenvalue weighted by Gasteiger charge is 2.53. The second-order valence-corrected chi connectivity index (χ2v) is 4.53. The Morgan fingerprint density at radius 2 is 1.92 bits per heavy atom. The number of hydrogen-bond acceptors (Lipinski definition) is 2. The van der Waals surface area contributed by atoms with E-state index in [0.29, 0.717) is 11.8 Å². The molecule has 0 bridgehead atoms. The molecule has 0 aromatic heterocycles. The predicted molar refractivity (Wildman–Crippen MR) is 46.5 cm³/mol. The van der Waals surface area contributed by atoms with Crippen LogP contribution in [0.25, 0.3) is 0 Å². The van der Waals surface area contributed by atoms with Crippen molar-refractivity contribution >= 4 is 0 Å². The molecule has 0 saturated heterocycles. The average Bonchev–Trinajstić information content (AvgIpc) is 2.42. The lowest BCUT2D eigenvalue weighted by Crippen LogP contribution is -2.05. The molecule has 2 aliphatic carbocycles. The van der Waals surface area contributed by atoms with Gasteiger partial charge in [0.1, 0.15) is 0 Å². The lowest BCUT2D eigenvalue weighted by molar-refractivity contribution is -0.0477. The molecule has 2 aliphatic rings. The Labute approximate surface area is 73.6 Å². The van der Waals surface area contributed by atoms with Crippen molar-refractivity contribution in [3.63, 3.8) is 0 Å². The molecular formula is C10H18O2. The predicted octanol–water partition coefficient (Wildman–Crippen LogP) is 1.66. The van der Waals surface area contributed by atoms with E-state index in [4.69, 9.17) is 10.2 Å².